The summed E-state index contributed by atoms with van der Waals surface area (Å²) in [7, 11) is 3.05. The van der Waals surface area contributed by atoms with Crippen molar-refractivity contribution in [3.8, 4) is 0 Å². The van der Waals surface area contributed by atoms with Crippen molar-refractivity contribution in [1.82, 2.24) is 15.8 Å². The predicted octanol–water partition coefficient (Wildman–Crippen LogP) is 3.62. The first kappa shape index (κ1) is 21.3. The first-order valence-corrected chi connectivity index (χ1v) is 9.43. The number of anilines is 1. The minimum absolute atomic E-state index is 0.437. The number of ether oxygens (including phenoxy) is 1. The van der Waals surface area contributed by atoms with E-state index in [1.54, 1.807) is 7.05 Å². The topological polar surface area (TPSA) is 101 Å². The number of benzene rings is 1. The standard InChI is InChI=1S/C20H29N5O3/c1-5-15(6-2)18-11-17(28-25-18)13-23-19(21-3)22-12-14-7-9-16(10-8-14)24-20(26)27-4/h7-11,15H,5-6,12-13H2,1-4H3,(H,24,26)(H2,21,22,23). The maximum Gasteiger partial charge on any atom is 0.411 e. The summed E-state index contributed by atoms with van der Waals surface area (Å²) in [5.41, 5.74) is 2.73. The quantitative estimate of drug-likeness (QED) is 0.472. The number of aliphatic imine (C=N–C) groups is 1. The van der Waals surface area contributed by atoms with Gasteiger partial charge < -0.3 is 19.9 Å². The zero-order valence-corrected chi connectivity index (χ0v) is 16.9. The number of rotatable bonds is 8. The van der Waals surface area contributed by atoms with Crippen molar-refractivity contribution in [3.05, 3.63) is 47.3 Å². The average molecular weight is 387 g/mol. The van der Waals surface area contributed by atoms with E-state index in [2.05, 4.69) is 44.7 Å². The Labute approximate surface area is 165 Å². The van der Waals surface area contributed by atoms with Crippen molar-refractivity contribution in [3.63, 3.8) is 0 Å². The third-order valence-corrected chi connectivity index (χ3v) is 4.48. The number of methoxy groups -OCH3 is 1. The Balaban J connectivity index is 1.82. The Morgan fingerprint density at radius 3 is 2.46 bits per heavy atom. The Hall–Kier alpha value is -3.03. The number of guanidine groups is 1. The molecular weight excluding hydrogens is 358 g/mol. The molecule has 0 aliphatic heterocycles. The van der Waals surface area contributed by atoms with Crippen molar-refractivity contribution in [2.45, 2.75) is 45.7 Å². The molecule has 1 aromatic carbocycles. The number of hydrogen-bond acceptors (Lipinski definition) is 5. The van der Waals surface area contributed by atoms with Crippen molar-refractivity contribution < 1.29 is 14.1 Å². The molecule has 2 aromatic rings. The molecule has 0 saturated heterocycles. The highest BCUT2D eigenvalue weighted by Gasteiger charge is 2.13. The molecule has 0 saturated carbocycles. The molecular formula is C20H29N5O3. The van der Waals surface area contributed by atoms with Crippen LogP contribution in [0.3, 0.4) is 0 Å². The normalized spacial score (nSPS) is 11.4. The fraction of sp³-hybridized carbons (Fsp3) is 0.450. The molecule has 1 heterocycles. The van der Waals surface area contributed by atoms with Crippen molar-refractivity contribution in [2.24, 2.45) is 4.99 Å². The lowest BCUT2D eigenvalue weighted by atomic mass is 9.99. The monoisotopic (exact) mass is 387 g/mol. The summed E-state index contributed by atoms with van der Waals surface area (Å²) in [6.45, 7) is 5.41. The van der Waals surface area contributed by atoms with Gasteiger partial charge in [0.05, 0.1) is 19.3 Å². The van der Waals surface area contributed by atoms with Gasteiger partial charge in [0.2, 0.25) is 0 Å². The van der Waals surface area contributed by atoms with Crippen LogP contribution in [-0.2, 0) is 17.8 Å². The number of aromatic nitrogens is 1. The summed E-state index contributed by atoms with van der Waals surface area (Å²) in [6, 6.07) is 9.48. The Morgan fingerprint density at radius 1 is 1.18 bits per heavy atom. The van der Waals surface area contributed by atoms with E-state index in [1.165, 1.54) is 7.11 Å². The van der Waals surface area contributed by atoms with Crippen LogP contribution in [0.25, 0.3) is 0 Å². The predicted molar refractivity (Wildman–Crippen MR) is 109 cm³/mol. The number of hydrogen-bond donors (Lipinski definition) is 3. The van der Waals surface area contributed by atoms with E-state index in [0.717, 1.165) is 29.9 Å². The Morgan fingerprint density at radius 2 is 1.86 bits per heavy atom. The minimum atomic E-state index is -0.491. The maximum absolute atomic E-state index is 11.2. The second-order valence-corrected chi connectivity index (χ2v) is 6.32. The van der Waals surface area contributed by atoms with Gasteiger partial charge in [-0.05, 0) is 30.5 Å². The van der Waals surface area contributed by atoms with E-state index in [-0.39, 0.29) is 0 Å². The highest BCUT2D eigenvalue weighted by molar-refractivity contribution is 5.84. The molecule has 0 aliphatic rings. The van der Waals surface area contributed by atoms with Gasteiger partial charge in [-0.25, -0.2) is 4.79 Å². The lowest BCUT2D eigenvalue weighted by Gasteiger charge is -2.11. The lowest BCUT2D eigenvalue weighted by Crippen LogP contribution is -2.36. The number of carbonyl (C=O) groups is 1. The van der Waals surface area contributed by atoms with Crippen LogP contribution in [0, 0.1) is 0 Å². The molecule has 0 aliphatic carbocycles. The number of amides is 1. The maximum atomic E-state index is 11.2. The largest absolute Gasteiger partial charge is 0.453 e. The molecule has 0 radical (unpaired) electrons. The summed E-state index contributed by atoms with van der Waals surface area (Å²) >= 11 is 0. The van der Waals surface area contributed by atoms with Crippen LogP contribution in [0.15, 0.2) is 39.8 Å². The molecule has 0 fully saturated rings. The van der Waals surface area contributed by atoms with Crippen LogP contribution in [0.2, 0.25) is 0 Å². The second-order valence-electron chi connectivity index (χ2n) is 6.32. The average Bonchev–Trinajstić information content (AvgIpc) is 3.19. The van der Waals surface area contributed by atoms with Gasteiger partial charge >= 0.3 is 6.09 Å². The summed E-state index contributed by atoms with van der Waals surface area (Å²) in [5.74, 6) is 1.88. The van der Waals surface area contributed by atoms with Crippen molar-refractivity contribution in [2.75, 3.05) is 19.5 Å². The summed E-state index contributed by atoms with van der Waals surface area (Å²) in [5, 5.41) is 13.3. The van der Waals surface area contributed by atoms with Crippen LogP contribution >= 0.6 is 0 Å². The molecule has 8 nitrogen and oxygen atoms in total. The molecule has 1 amide bonds. The highest BCUT2D eigenvalue weighted by atomic mass is 16.5. The zero-order chi connectivity index (χ0) is 20.4. The molecule has 0 atom stereocenters. The molecule has 8 heteroatoms. The molecule has 1 aromatic heterocycles. The van der Waals surface area contributed by atoms with E-state index in [1.807, 2.05) is 30.3 Å². The second kappa shape index (κ2) is 11.0. The molecule has 0 unspecified atom stereocenters. The first-order valence-electron chi connectivity index (χ1n) is 9.43. The van der Waals surface area contributed by atoms with Crippen LogP contribution < -0.4 is 16.0 Å². The van der Waals surface area contributed by atoms with Crippen LogP contribution in [0.1, 0.15) is 49.6 Å². The Bertz CT molecular complexity index is 766. The minimum Gasteiger partial charge on any atom is -0.453 e. The van der Waals surface area contributed by atoms with Gasteiger partial charge in [-0.15, -0.1) is 0 Å². The smallest absolute Gasteiger partial charge is 0.411 e. The van der Waals surface area contributed by atoms with Crippen molar-refractivity contribution in [1.29, 1.82) is 0 Å². The first-order chi connectivity index (χ1) is 13.6. The zero-order valence-electron chi connectivity index (χ0n) is 16.9. The number of carbonyl (C=O) groups excluding carboxylic acids is 1. The van der Waals surface area contributed by atoms with E-state index >= 15 is 0 Å². The molecule has 2 rings (SSSR count). The third-order valence-electron chi connectivity index (χ3n) is 4.48. The van der Waals surface area contributed by atoms with E-state index in [9.17, 15) is 4.79 Å². The lowest BCUT2D eigenvalue weighted by molar-refractivity contribution is 0.187. The third kappa shape index (κ3) is 6.29. The van der Waals surface area contributed by atoms with E-state index < -0.39 is 6.09 Å². The summed E-state index contributed by atoms with van der Waals surface area (Å²) in [4.78, 5) is 15.4. The number of nitrogens with one attached hydrogen (secondary N) is 3. The molecule has 0 spiro atoms. The van der Waals surface area contributed by atoms with Gasteiger partial charge in [0.15, 0.2) is 11.7 Å². The van der Waals surface area contributed by atoms with Crippen molar-refractivity contribution >= 4 is 17.7 Å². The van der Waals surface area contributed by atoms with Gasteiger partial charge in [-0.3, -0.25) is 10.3 Å². The van der Waals surface area contributed by atoms with Crippen LogP contribution in [-0.4, -0.2) is 31.4 Å². The van der Waals surface area contributed by atoms with Crippen LogP contribution in [0.4, 0.5) is 10.5 Å². The van der Waals surface area contributed by atoms with Gasteiger partial charge in [0.1, 0.15) is 0 Å². The van der Waals surface area contributed by atoms with Crippen LogP contribution in [0.5, 0.6) is 0 Å². The van der Waals surface area contributed by atoms with Gasteiger partial charge in [0, 0.05) is 31.3 Å². The van der Waals surface area contributed by atoms with E-state index in [0.29, 0.717) is 30.7 Å². The highest BCUT2D eigenvalue weighted by Crippen LogP contribution is 2.22. The number of nitrogens with zero attached hydrogens (tertiary/aromatic N) is 2. The molecule has 152 valence electrons. The Kier molecular flexibility index (Phi) is 8.33. The fourth-order valence-corrected chi connectivity index (χ4v) is 2.76. The molecule has 3 N–H and O–H groups in total. The summed E-state index contributed by atoms with van der Waals surface area (Å²) < 4.78 is 9.99. The van der Waals surface area contributed by atoms with Gasteiger partial charge in [0.25, 0.3) is 0 Å². The molecule has 0 bridgehead atoms. The fourth-order valence-electron chi connectivity index (χ4n) is 2.76. The molecule has 28 heavy (non-hydrogen) atoms. The van der Waals surface area contributed by atoms with Gasteiger partial charge in [-0.1, -0.05) is 31.1 Å². The summed E-state index contributed by atoms with van der Waals surface area (Å²) in [6.07, 6.45) is 1.61. The van der Waals surface area contributed by atoms with Gasteiger partial charge in [-0.2, -0.15) is 0 Å². The van der Waals surface area contributed by atoms with E-state index in [4.69, 9.17) is 4.52 Å². The SMILES string of the molecule is CCC(CC)c1cc(CNC(=NC)NCc2ccc(NC(=O)OC)cc2)on1.